The Morgan fingerprint density at radius 1 is 1.46 bits per heavy atom. The Hall–Kier alpha value is -1.77. The van der Waals surface area contributed by atoms with Crippen LogP contribution < -0.4 is 10.1 Å². The maximum absolute atomic E-state index is 11.2. The van der Waals surface area contributed by atoms with E-state index in [1.165, 1.54) is 6.21 Å². The van der Waals surface area contributed by atoms with Crippen LogP contribution in [-0.2, 0) is 17.4 Å². The zero-order valence-electron chi connectivity index (χ0n) is 13.1. The molecule has 0 fully saturated rings. The average molecular weight is 412 g/mol. The number of rotatable bonds is 8. The number of aromatic nitrogens is 1. The van der Waals surface area contributed by atoms with Crippen molar-refractivity contribution in [1.82, 2.24) is 4.98 Å². The summed E-state index contributed by atoms with van der Waals surface area (Å²) in [7, 11) is -0.937. The fourth-order valence-electron chi connectivity index (χ4n) is 2.01. The Bertz CT molecular complexity index is 755. The number of anilines is 2. The molecular weight excluding hydrogens is 394 g/mol. The van der Waals surface area contributed by atoms with Gasteiger partial charge in [-0.05, 0) is 24.3 Å². The number of hydrogen-bond donors (Lipinski definition) is 3. The third-order valence-electron chi connectivity index (χ3n) is 3.11. The van der Waals surface area contributed by atoms with Gasteiger partial charge in [0.05, 0.1) is 35.9 Å². The van der Waals surface area contributed by atoms with Crippen molar-refractivity contribution < 1.29 is 14.1 Å². The number of ether oxygens (including phenoxy) is 1. The van der Waals surface area contributed by atoms with Gasteiger partial charge in [-0.1, -0.05) is 22.0 Å². The highest BCUT2D eigenvalue weighted by atomic mass is 79.9. The Balaban J connectivity index is 2.29. The van der Waals surface area contributed by atoms with Gasteiger partial charge >= 0.3 is 0 Å². The molecule has 128 valence electrons. The molecule has 2 rings (SSSR count). The van der Waals surface area contributed by atoms with Crippen LogP contribution in [0.15, 0.2) is 34.8 Å². The summed E-state index contributed by atoms with van der Waals surface area (Å²) < 4.78 is 17.6. The molecule has 1 unspecified atom stereocenters. The number of hydrogen-bond acceptors (Lipinski definition) is 6. The minimum atomic E-state index is -0.937. The van der Waals surface area contributed by atoms with Crippen molar-refractivity contribution in [3.8, 4) is 5.75 Å². The molecule has 2 aromatic rings. The molecule has 1 aromatic carbocycles. The molecular formula is C16H18BrN3O3S. The fraction of sp³-hybridized carbons (Fsp3) is 0.250. The van der Waals surface area contributed by atoms with Crippen LogP contribution in [-0.4, -0.2) is 39.1 Å². The summed E-state index contributed by atoms with van der Waals surface area (Å²) in [5, 5.41) is 20.0. The van der Waals surface area contributed by atoms with Crippen LogP contribution in [0.1, 0.15) is 11.3 Å². The van der Waals surface area contributed by atoms with Gasteiger partial charge in [0.25, 0.3) is 0 Å². The SMILES string of the molecule is CS(=O)CCOc1cc(Br)cc(Nc2cccc(CO)n2)c1C=N. The van der Waals surface area contributed by atoms with Gasteiger partial charge in [0.15, 0.2) is 0 Å². The van der Waals surface area contributed by atoms with E-state index in [4.69, 9.17) is 10.1 Å². The summed E-state index contributed by atoms with van der Waals surface area (Å²) in [6.45, 7) is 0.159. The molecule has 0 aliphatic rings. The first kappa shape index (κ1) is 18.6. The third kappa shape index (κ3) is 5.12. The number of benzene rings is 1. The molecule has 8 heteroatoms. The lowest BCUT2D eigenvalue weighted by Crippen LogP contribution is -2.09. The number of pyridine rings is 1. The second kappa shape index (κ2) is 8.91. The first-order valence-electron chi connectivity index (χ1n) is 7.14. The highest BCUT2D eigenvalue weighted by Gasteiger charge is 2.11. The van der Waals surface area contributed by atoms with E-state index in [0.717, 1.165) is 4.47 Å². The van der Waals surface area contributed by atoms with Gasteiger partial charge in [0.2, 0.25) is 0 Å². The molecule has 6 nitrogen and oxygen atoms in total. The van der Waals surface area contributed by atoms with E-state index < -0.39 is 10.8 Å². The lowest BCUT2D eigenvalue weighted by atomic mass is 10.1. The summed E-state index contributed by atoms with van der Waals surface area (Å²) in [4.78, 5) is 4.27. The summed E-state index contributed by atoms with van der Waals surface area (Å²) in [5.74, 6) is 1.50. The van der Waals surface area contributed by atoms with Crippen molar-refractivity contribution in [3.05, 3.63) is 46.1 Å². The zero-order valence-corrected chi connectivity index (χ0v) is 15.5. The molecule has 1 atom stereocenters. The molecule has 0 amide bonds. The lowest BCUT2D eigenvalue weighted by Gasteiger charge is -2.15. The van der Waals surface area contributed by atoms with Crippen molar-refractivity contribution in [2.45, 2.75) is 6.61 Å². The summed E-state index contributed by atoms with van der Waals surface area (Å²) >= 11 is 3.42. The molecule has 0 aliphatic carbocycles. The molecule has 0 saturated carbocycles. The van der Waals surface area contributed by atoms with Crippen LogP contribution in [0, 0.1) is 5.41 Å². The van der Waals surface area contributed by atoms with Crippen LogP contribution in [0.25, 0.3) is 0 Å². The van der Waals surface area contributed by atoms with Crippen LogP contribution in [0.5, 0.6) is 5.75 Å². The molecule has 0 bridgehead atoms. The molecule has 0 aliphatic heterocycles. The monoisotopic (exact) mass is 411 g/mol. The number of halogens is 1. The lowest BCUT2D eigenvalue weighted by molar-refractivity contribution is 0.277. The maximum atomic E-state index is 11.2. The van der Waals surface area contributed by atoms with E-state index in [2.05, 4.69) is 26.2 Å². The number of nitrogens with one attached hydrogen (secondary N) is 2. The number of aliphatic hydroxyl groups excluding tert-OH is 1. The van der Waals surface area contributed by atoms with Crippen molar-refractivity contribution in [1.29, 1.82) is 5.41 Å². The summed E-state index contributed by atoms with van der Waals surface area (Å²) in [6.07, 6.45) is 2.82. The van der Waals surface area contributed by atoms with Crippen molar-refractivity contribution in [3.63, 3.8) is 0 Å². The number of nitrogens with zero attached hydrogens (tertiary/aromatic N) is 1. The Morgan fingerprint density at radius 3 is 2.92 bits per heavy atom. The van der Waals surface area contributed by atoms with Gasteiger partial charge < -0.3 is 20.6 Å². The molecule has 0 spiro atoms. The standard InChI is InChI=1S/C16H18BrN3O3S/c1-24(22)6-5-23-15-8-11(17)7-14(13(15)9-18)20-16-4-2-3-12(10-21)19-16/h2-4,7-9,18,21H,5-6,10H2,1H3,(H,19,20). The summed E-state index contributed by atoms with van der Waals surface area (Å²) in [5.41, 5.74) is 1.76. The normalized spacial score (nSPS) is 11.8. The van der Waals surface area contributed by atoms with Gasteiger partial charge in [-0.25, -0.2) is 4.98 Å². The van der Waals surface area contributed by atoms with E-state index in [-0.39, 0.29) is 6.61 Å². The third-order valence-corrected chi connectivity index (χ3v) is 4.31. The van der Waals surface area contributed by atoms with Crippen molar-refractivity contribution in [2.75, 3.05) is 23.9 Å². The van der Waals surface area contributed by atoms with E-state index in [9.17, 15) is 9.32 Å². The van der Waals surface area contributed by atoms with Crippen molar-refractivity contribution >= 4 is 44.4 Å². The summed E-state index contributed by atoms with van der Waals surface area (Å²) in [6, 6.07) is 8.87. The molecule has 0 saturated heterocycles. The predicted molar refractivity (Wildman–Crippen MR) is 99.9 cm³/mol. The largest absolute Gasteiger partial charge is 0.492 e. The molecule has 1 heterocycles. The first-order valence-corrected chi connectivity index (χ1v) is 9.66. The van der Waals surface area contributed by atoms with Crippen LogP contribution in [0.4, 0.5) is 11.5 Å². The van der Waals surface area contributed by atoms with E-state index in [0.29, 0.717) is 40.9 Å². The zero-order chi connectivity index (χ0) is 17.5. The van der Waals surface area contributed by atoms with E-state index >= 15 is 0 Å². The Labute approximate surface area is 151 Å². The highest BCUT2D eigenvalue weighted by molar-refractivity contribution is 9.10. The number of aliphatic hydroxyl groups is 1. The minimum absolute atomic E-state index is 0.145. The van der Waals surface area contributed by atoms with Crippen LogP contribution in [0.3, 0.4) is 0 Å². The Kier molecular flexibility index (Phi) is 6.89. The van der Waals surface area contributed by atoms with Gasteiger partial charge in [0.1, 0.15) is 11.6 Å². The van der Waals surface area contributed by atoms with Crippen LogP contribution >= 0.6 is 15.9 Å². The second-order valence-electron chi connectivity index (χ2n) is 4.93. The van der Waals surface area contributed by atoms with Gasteiger partial charge in [-0.3, -0.25) is 4.21 Å². The van der Waals surface area contributed by atoms with E-state index in [1.54, 1.807) is 30.5 Å². The molecule has 1 aromatic heterocycles. The first-order chi connectivity index (χ1) is 11.5. The van der Waals surface area contributed by atoms with Crippen molar-refractivity contribution in [2.24, 2.45) is 0 Å². The molecule has 3 N–H and O–H groups in total. The maximum Gasteiger partial charge on any atom is 0.131 e. The highest BCUT2D eigenvalue weighted by Crippen LogP contribution is 2.31. The topological polar surface area (TPSA) is 95.3 Å². The van der Waals surface area contributed by atoms with Crippen LogP contribution in [0.2, 0.25) is 0 Å². The smallest absolute Gasteiger partial charge is 0.131 e. The van der Waals surface area contributed by atoms with Gasteiger partial charge in [0, 0.05) is 27.7 Å². The molecule has 24 heavy (non-hydrogen) atoms. The predicted octanol–water partition coefficient (Wildman–Crippen LogP) is 2.83. The Morgan fingerprint density at radius 2 is 2.25 bits per heavy atom. The second-order valence-corrected chi connectivity index (χ2v) is 7.40. The van der Waals surface area contributed by atoms with E-state index in [1.807, 2.05) is 6.07 Å². The fourth-order valence-corrected chi connectivity index (χ4v) is 2.76. The van der Waals surface area contributed by atoms with Gasteiger partial charge in [-0.2, -0.15) is 0 Å². The minimum Gasteiger partial charge on any atom is -0.492 e. The quantitative estimate of drug-likeness (QED) is 0.580. The molecule has 0 radical (unpaired) electrons. The van der Waals surface area contributed by atoms with Gasteiger partial charge in [-0.15, -0.1) is 0 Å². The average Bonchev–Trinajstić information content (AvgIpc) is 2.54.